The number of benzene rings is 2. The van der Waals surface area contributed by atoms with Gasteiger partial charge in [0.25, 0.3) is 5.91 Å². The van der Waals surface area contributed by atoms with Crippen molar-refractivity contribution < 1.29 is 28.7 Å². The highest BCUT2D eigenvalue weighted by molar-refractivity contribution is 5.97. The average Bonchev–Trinajstić information content (AvgIpc) is 3.02. The Morgan fingerprint density at radius 1 is 0.889 bits per heavy atom. The van der Waals surface area contributed by atoms with E-state index in [0.29, 0.717) is 17.2 Å². The maximum Gasteiger partial charge on any atom is 0.409 e. The van der Waals surface area contributed by atoms with E-state index in [1.165, 1.54) is 11.0 Å². The first-order chi connectivity index (χ1) is 21.5. The fourth-order valence-corrected chi connectivity index (χ4v) is 4.70. The number of anilines is 2. The summed E-state index contributed by atoms with van der Waals surface area (Å²) >= 11 is 0. The summed E-state index contributed by atoms with van der Waals surface area (Å²) in [4.78, 5) is 64.4. The fourth-order valence-electron chi connectivity index (χ4n) is 4.70. The van der Waals surface area contributed by atoms with Gasteiger partial charge in [0.15, 0.2) is 5.82 Å². The Bertz CT molecular complexity index is 1470. The lowest BCUT2D eigenvalue weighted by atomic mass is 10.1. The van der Waals surface area contributed by atoms with E-state index >= 15 is 0 Å². The second-order valence-electron chi connectivity index (χ2n) is 11.5. The smallest absolute Gasteiger partial charge is 0.409 e. The number of ether oxygens (including phenoxy) is 2. The molecule has 1 atom stereocenters. The van der Waals surface area contributed by atoms with Crippen molar-refractivity contribution in [2.24, 2.45) is 0 Å². The molecule has 12 nitrogen and oxygen atoms in total. The van der Waals surface area contributed by atoms with Crippen LogP contribution in [-0.2, 0) is 19.1 Å². The summed E-state index contributed by atoms with van der Waals surface area (Å²) in [6.07, 6.45) is -0.503. The number of esters is 1. The first-order valence-corrected chi connectivity index (χ1v) is 15.0. The first-order valence-electron chi connectivity index (χ1n) is 15.0. The van der Waals surface area contributed by atoms with E-state index in [0.717, 1.165) is 5.69 Å². The van der Waals surface area contributed by atoms with Crippen molar-refractivity contribution in [3.8, 4) is 11.4 Å². The summed E-state index contributed by atoms with van der Waals surface area (Å²) in [5.41, 5.74) is 0.832. The highest BCUT2D eigenvalue weighted by atomic mass is 16.6. The quantitative estimate of drug-likeness (QED) is 0.317. The normalized spacial score (nSPS) is 13.9. The molecule has 0 spiro atoms. The van der Waals surface area contributed by atoms with Gasteiger partial charge >= 0.3 is 12.1 Å². The van der Waals surface area contributed by atoms with Gasteiger partial charge in [-0.15, -0.1) is 0 Å². The number of rotatable bonds is 10. The second kappa shape index (κ2) is 15.1. The number of nitrogens with one attached hydrogen (secondary N) is 2. The Labute approximate surface area is 263 Å². The van der Waals surface area contributed by atoms with Gasteiger partial charge in [-0.2, -0.15) is 0 Å². The molecule has 0 saturated carbocycles. The molecule has 0 bridgehead atoms. The SMILES string of the molecule is CCOC(=O)N1CCN(C(=O)C(CCC(=O)OC(C)(C)C)NC(=O)c2cc(Nc3ccccc3)nc(-c3ccccc3)n2)CC1. The van der Waals surface area contributed by atoms with Gasteiger partial charge in [0, 0.05) is 49.9 Å². The van der Waals surface area contributed by atoms with Crippen LogP contribution in [0.3, 0.4) is 0 Å². The monoisotopic (exact) mass is 616 g/mol. The molecule has 0 aliphatic carbocycles. The van der Waals surface area contributed by atoms with Crippen molar-refractivity contribution in [1.82, 2.24) is 25.1 Å². The van der Waals surface area contributed by atoms with Crippen LogP contribution >= 0.6 is 0 Å². The van der Waals surface area contributed by atoms with Crippen LogP contribution in [0.25, 0.3) is 11.4 Å². The van der Waals surface area contributed by atoms with Gasteiger partial charge in [-0.1, -0.05) is 48.5 Å². The number of nitrogens with zero attached hydrogens (tertiary/aromatic N) is 4. The zero-order valence-corrected chi connectivity index (χ0v) is 26.1. The molecule has 4 rings (SSSR count). The number of aromatic nitrogens is 2. The van der Waals surface area contributed by atoms with Gasteiger partial charge in [0.2, 0.25) is 5.91 Å². The average molecular weight is 617 g/mol. The summed E-state index contributed by atoms with van der Waals surface area (Å²) in [5.74, 6) is -0.724. The minimum Gasteiger partial charge on any atom is -0.460 e. The Kier molecular flexibility index (Phi) is 11.1. The van der Waals surface area contributed by atoms with Gasteiger partial charge in [0.1, 0.15) is 23.2 Å². The number of carbonyl (C=O) groups is 4. The zero-order valence-electron chi connectivity index (χ0n) is 26.1. The summed E-state index contributed by atoms with van der Waals surface area (Å²) in [5, 5.41) is 6.02. The molecule has 2 aromatic carbocycles. The van der Waals surface area contributed by atoms with Crippen LogP contribution in [0.4, 0.5) is 16.3 Å². The zero-order chi connectivity index (χ0) is 32.4. The number of para-hydroxylation sites is 1. The number of hydrogen-bond acceptors (Lipinski definition) is 9. The second-order valence-corrected chi connectivity index (χ2v) is 11.5. The third-order valence-corrected chi connectivity index (χ3v) is 6.81. The number of piperazine rings is 1. The minimum atomic E-state index is -1.04. The number of hydrogen-bond donors (Lipinski definition) is 2. The fraction of sp³-hybridized carbons (Fsp3) is 0.394. The topological polar surface area (TPSA) is 143 Å². The standard InChI is InChI=1S/C33H40N6O6/c1-5-44-32(43)39-20-18-38(19-21-39)31(42)25(16-17-28(40)45-33(2,3)4)36-30(41)26-22-27(34-24-14-10-7-11-15-24)37-29(35-26)23-12-8-6-9-13-23/h6-15,22,25H,5,16-21H2,1-4H3,(H,36,41)(H,34,35,37). The molecule has 2 heterocycles. The van der Waals surface area contributed by atoms with E-state index < -0.39 is 29.6 Å². The maximum absolute atomic E-state index is 13.7. The van der Waals surface area contributed by atoms with E-state index in [4.69, 9.17) is 9.47 Å². The summed E-state index contributed by atoms with van der Waals surface area (Å²) in [6.45, 7) is 8.37. The Hall–Kier alpha value is -5.00. The van der Waals surface area contributed by atoms with Crippen molar-refractivity contribution in [3.05, 3.63) is 72.4 Å². The van der Waals surface area contributed by atoms with Crippen molar-refractivity contribution in [3.63, 3.8) is 0 Å². The third kappa shape index (κ3) is 9.75. The highest BCUT2D eigenvalue weighted by Gasteiger charge is 2.32. The molecule has 3 aromatic rings. The lowest BCUT2D eigenvalue weighted by molar-refractivity contribution is -0.155. The van der Waals surface area contributed by atoms with Gasteiger partial charge < -0.3 is 29.9 Å². The number of carbonyl (C=O) groups excluding carboxylic acids is 4. The van der Waals surface area contributed by atoms with Crippen LogP contribution in [0.15, 0.2) is 66.7 Å². The minimum absolute atomic E-state index is 0.0172. The summed E-state index contributed by atoms with van der Waals surface area (Å²) in [7, 11) is 0. The third-order valence-electron chi connectivity index (χ3n) is 6.81. The van der Waals surface area contributed by atoms with E-state index in [1.54, 1.807) is 32.6 Å². The highest BCUT2D eigenvalue weighted by Crippen LogP contribution is 2.21. The van der Waals surface area contributed by atoms with Crippen molar-refractivity contribution >= 4 is 35.4 Å². The van der Waals surface area contributed by atoms with Gasteiger partial charge in [0.05, 0.1) is 6.61 Å². The number of amides is 3. The van der Waals surface area contributed by atoms with Gasteiger partial charge in [-0.25, -0.2) is 14.8 Å². The molecule has 1 aliphatic heterocycles. The summed E-state index contributed by atoms with van der Waals surface area (Å²) in [6, 6.07) is 19.1. The van der Waals surface area contributed by atoms with Crippen LogP contribution in [0.2, 0.25) is 0 Å². The van der Waals surface area contributed by atoms with Crippen LogP contribution in [0.1, 0.15) is 51.0 Å². The first kappa shape index (κ1) is 32.9. The molecule has 1 saturated heterocycles. The lowest BCUT2D eigenvalue weighted by Gasteiger charge is -2.36. The van der Waals surface area contributed by atoms with Crippen molar-refractivity contribution in [2.75, 3.05) is 38.1 Å². The Morgan fingerprint density at radius 2 is 1.51 bits per heavy atom. The van der Waals surface area contributed by atoms with Crippen molar-refractivity contribution in [2.45, 2.75) is 52.2 Å². The van der Waals surface area contributed by atoms with E-state index in [2.05, 4.69) is 20.6 Å². The van der Waals surface area contributed by atoms with Crippen LogP contribution in [0, 0.1) is 0 Å². The molecule has 238 valence electrons. The van der Waals surface area contributed by atoms with E-state index in [1.807, 2.05) is 60.7 Å². The molecular formula is C33H40N6O6. The molecule has 1 aliphatic rings. The van der Waals surface area contributed by atoms with Crippen LogP contribution < -0.4 is 10.6 Å². The molecule has 45 heavy (non-hydrogen) atoms. The van der Waals surface area contributed by atoms with Crippen LogP contribution in [-0.4, -0.2) is 88.1 Å². The largest absolute Gasteiger partial charge is 0.460 e. The lowest BCUT2D eigenvalue weighted by Crippen LogP contribution is -2.56. The molecule has 1 aromatic heterocycles. The molecule has 1 fully saturated rings. The maximum atomic E-state index is 13.7. The molecular weight excluding hydrogens is 576 g/mol. The Morgan fingerprint density at radius 3 is 2.13 bits per heavy atom. The van der Waals surface area contributed by atoms with Crippen LogP contribution in [0.5, 0.6) is 0 Å². The molecule has 3 amide bonds. The van der Waals surface area contributed by atoms with Gasteiger partial charge in [-0.3, -0.25) is 14.4 Å². The predicted molar refractivity (Wildman–Crippen MR) is 169 cm³/mol. The van der Waals surface area contributed by atoms with E-state index in [-0.39, 0.29) is 57.2 Å². The molecule has 1 unspecified atom stereocenters. The van der Waals surface area contributed by atoms with E-state index in [9.17, 15) is 19.2 Å². The Balaban J connectivity index is 1.57. The van der Waals surface area contributed by atoms with Crippen molar-refractivity contribution in [1.29, 1.82) is 0 Å². The molecule has 12 heteroatoms. The predicted octanol–water partition coefficient (Wildman–Crippen LogP) is 4.41. The molecule has 0 radical (unpaired) electrons. The summed E-state index contributed by atoms with van der Waals surface area (Å²) < 4.78 is 10.5. The van der Waals surface area contributed by atoms with Gasteiger partial charge in [-0.05, 0) is 46.2 Å². The molecule has 2 N–H and O–H groups in total.